The molecule has 0 aliphatic rings. The number of fused-ring (bicyclic) bond motifs is 1. The van der Waals surface area contributed by atoms with Crippen molar-refractivity contribution in [2.24, 2.45) is 5.73 Å². The summed E-state index contributed by atoms with van der Waals surface area (Å²) in [7, 11) is 0. The minimum atomic E-state index is -0.132. The third kappa shape index (κ3) is 2.29. The number of benzene rings is 2. The molecule has 0 unspecified atom stereocenters. The standard InChI is InChI=1S/C16H15N3O/c17-10-11-3-1-5-13(9-11)19-16(20)14-6-2-4-12-7-8-18-15(12)14/h1-9,18H,10,17H2,(H,19,20). The first-order chi connectivity index (χ1) is 9.78. The van der Waals surface area contributed by atoms with Gasteiger partial charge in [-0.05, 0) is 29.8 Å². The SMILES string of the molecule is NCc1cccc(NC(=O)c2cccc3cc[nH]c23)c1. The molecule has 0 aliphatic carbocycles. The molecule has 0 radical (unpaired) electrons. The Morgan fingerprint density at radius 3 is 2.85 bits per heavy atom. The lowest BCUT2D eigenvalue weighted by Gasteiger charge is -2.07. The van der Waals surface area contributed by atoms with E-state index in [0.717, 1.165) is 22.2 Å². The minimum absolute atomic E-state index is 0.132. The van der Waals surface area contributed by atoms with E-state index in [-0.39, 0.29) is 5.91 Å². The molecule has 0 fully saturated rings. The van der Waals surface area contributed by atoms with Gasteiger partial charge in [-0.2, -0.15) is 0 Å². The Morgan fingerprint density at radius 1 is 1.15 bits per heavy atom. The van der Waals surface area contributed by atoms with Crippen LogP contribution in [0.2, 0.25) is 0 Å². The van der Waals surface area contributed by atoms with E-state index in [1.807, 2.05) is 48.7 Å². The van der Waals surface area contributed by atoms with Crippen LogP contribution in [0.4, 0.5) is 5.69 Å². The molecule has 0 aliphatic heterocycles. The Balaban J connectivity index is 1.91. The number of rotatable bonds is 3. The number of hydrogen-bond donors (Lipinski definition) is 3. The van der Waals surface area contributed by atoms with Gasteiger partial charge in [-0.15, -0.1) is 0 Å². The average Bonchev–Trinajstić information content (AvgIpc) is 2.95. The predicted molar refractivity (Wildman–Crippen MR) is 80.6 cm³/mol. The molecular formula is C16H15N3O. The van der Waals surface area contributed by atoms with Gasteiger partial charge in [0.25, 0.3) is 5.91 Å². The third-order valence-corrected chi connectivity index (χ3v) is 3.25. The van der Waals surface area contributed by atoms with Crippen LogP contribution < -0.4 is 11.1 Å². The summed E-state index contributed by atoms with van der Waals surface area (Å²) in [5, 5.41) is 3.92. The van der Waals surface area contributed by atoms with Crippen molar-refractivity contribution in [3.63, 3.8) is 0 Å². The Hall–Kier alpha value is -2.59. The van der Waals surface area contributed by atoms with Crippen molar-refractivity contribution < 1.29 is 4.79 Å². The van der Waals surface area contributed by atoms with E-state index in [9.17, 15) is 4.79 Å². The van der Waals surface area contributed by atoms with Crippen LogP contribution in [-0.2, 0) is 6.54 Å². The number of amides is 1. The van der Waals surface area contributed by atoms with Crippen molar-refractivity contribution in [2.45, 2.75) is 6.54 Å². The van der Waals surface area contributed by atoms with Crippen LogP contribution >= 0.6 is 0 Å². The summed E-state index contributed by atoms with van der Waals surface area (Å²) in [5.74, 6) is -0.132. The summed E-state index contributed by atoms with van der Waals surface area (Å²) in [5.41, 5.74) is 8.82. The number of nitrogens with two attached hydrogens (primary N) is 1. The van der Waals surface area contributed by atoms with Crippen molar-refractivity contribution in [1.82, 2.24) is 4.98 Å². The Kier molecular flexibility index (Phi) is 3.23. The average molecular weight is 265 g/mol. The summed E-state index contributed by atoms with van der Waals surface area (Å²) in [6.07, 6.45) is 1.83. The van der Waals surface area contributed by atoms with Crippen molar-refractivity contribution in [2.75, 3.05) is 5.32 Å². The van der Waals surface area contributed by atoms with Crippen LogP contribution in [0.3, 0.4) is 0 Å². The fraction of sp³-hybridized carbons (Fsp3) is 0.0625. The van der Waals surface area contributed by atoms with Gasteiger partial charge in [0.2, 0.25) is 0 Å². The molecule has 0 atom stereocenters. The molecule has 4 nitrogen and oxygen atoms in total. The molecule has 4 heteroatoms. The molecular weight excluding hydrogens is 250 g/mol. The summed E-state index contributed by atoms with van der Waals surface area (Å²) < 4.78 is 0. The maximum absolute atomic E-state index is 12.4. The van der Waals surface area contributed by atoms with Gasteiger partial charge in [0.05, 0.1) is 11.1 Å². The maximum Gasteiger partial charge on any atom is 0.257 e. The summed E-state index contributed by atoms with van der Waals surface area (Å²) >= 11 is 0. The molecule has 0 bridgehead atoms. The van der Waals surface area contributed by atoms with Gasteiger partial charge in [0.15, 0.2) is 0 Å². The molecule has 0 saturated carbocycles. The monoisotopic (exact) mass is 265 g/mol. The van der Waals surface area contributed by atoms with Gasteiger partial charge in [-0.25, -0.2) is 0 Å². The smallest absolute Gasteiger partial charge is 0.257 e. The van der Waals surface area contributed by atoms with Crippen molar-refractivity contribution in [1.29, 1.82) is 0 Å². The summed E-state index contributed by atoms with van der Waals surface area (Å²) in [6, 6.07) is 15.1. The fourth-order valence-corrected chi connectivity index (χ4v) is 2.25. The van der Waals surface area contributed by atoms with Crippen LogP contribution in [0.15, 0.2) is 54.7 Å². The highest BCUT2D eigenvalue weighted by atomic mass is 16.1. The first-order valence-electron chi connectivity index (χ1n) is 6.44. The minimum Gasteiger partial charge on any atom is -0.361 e. The highest BCUT2D eigenvalue weighted by Crippen LogP contribution is 2.19. The summed E-state index contributed by atoms with van der Waals surface area (Å²) in [6.45, 7) is 0.454. The highest BCUT2D eigenvalue weighted by Gasteiger charge is 2.10. The second kappa shape index (κ2) is 5.19. The molecule has 1 aromatic heterocycles. The number of carbonyl (C=O) groups is 1. The second-order valence-electron chi connectivity index (χ2n) is 4.61. The van der Waals surface area contributed by atoms with E-state index in [4.69, 9.17) is 5.73 Å². The lowest BCUT2D eigenvalue weighted by atomic mass is 10.1. The van der Waals surface area contributed by atoms with E-state index in [2.05, 4.69) is 10.3 Å². The Morgan fingerprint density at radius 2 is 2.00 bits per heavy atom. The van der Waals surface area contributed by atoms with Crippen LogP contribution in [0, 0.1) is 0 Å². The molecule has 0 spiro atoms. The number of aromatic amines is 1. The zero-order valence-corrected chi connectivity index (χ0v) is 10.9. The molecule has 20 heavy (non-hydrogen) atoms. The number of H-pyrrole nitrogens is 1. The van der Waals surface area contributed by atoms with Crippen LogP contribution in [0.25, 0.3) is 10.9 Å². The molecule has 2 aromatic carbocycles. The number of nitrogens with one attached hydrogen (secondary N) is 2. The third-order valence-electron chi connectivity index (χ3n) is 3.25. The molecule has 0 saturated heterocycles. The van der Waals surface area contributed by atoms with Gasteiger partial charge in [0.1, 0.15) is 0 Å². The predicted octanol–water partition coefficient (Wildman–Crippen LogP) is 2.88. The molecule has 3 rings (SSSR count). The number of aromatic nitrogens is 1. The molecule has 100 valence electrons. The molecule has 1 amide bonds. The number of anilines is 1. The topological polar surface area (TPSA) is 70.9 Å². The number of carbonyl (C=O) groups excluding carboxylic acids is 1. The maximum atomic E-state index is 12.4. The van der Waals surface area contributed by atoms with Gasteiger partial charge < -0.3 is 16.0 Å². The van der Waals surface area contributed by atoms with Crippen LogP contribution in [0.1, 0.15) is 15.9 Å². The lowest BCUT2D eigenvalue weighted by molar-refractivity contribution is 0.102. The second-order valence-corrected chi connectivity index (χ2v) is 4.61. The van der Waals surface area contributed by atoms with E-state index < -0.39 is 0 Å². The van der Waals surface area contributed by atoms with E-state index in [1.54, 1.807) is 6.07 Å². The zero-order chi connectivity index (χ0) is 13.9. The lowest BCUT2D eigenvalue weighted by Crippen LogP contribution is -2.12. The zero-order valence-electron chi connectivity index (χ0n) is 10.9. The van der Waals surface area contributed by atoms with Gasteiger partial charge in [0, 0.05) is 23.8 Å². The Bertz CT molecular complexity index is 761. The first-order valence-corrected chi connectivity index (χ1v) is 6.44. The van der Waals surface area contributed by atoms with Crippen LogP contribution in [0.5, 0.6) is 0 Å². The number of hydrogen-bond acceptors (Lipinski definition) is 2. The molecule has 3 aromatic rings. The number of para-hydroxylation sites is 1. The fourth-order valence-electron chi connectivity index (χ4n) is 2.25. The van der Waals surface area contributed by atoms with Gasteiger partial charge in [-0.3, -0.25) is 4.79 Å². The van der Waals surface area contributed by atoms with E-state index >= 15 is 0 Å². The van der Waals surface area contributed by atoms with E-state index in [0.29, 0.717) is 12.1 Å². The van der Waals surface area contributed by atoms with Crippen molar-refractivity contribution >= 4 is 22.5 Å². The Labute approximate surface area is 116 Å². The largest absolute Gasteiger partial charge is 0.361 e. The highest BCUT2D eigenvalue weighted by molar-refractivity contribution is 6.11. The van der Waals surface area contributed by atoms with Gasteiger partial charge in [-0.1, -0.05) is 24.3 Å². The quantitative estimate of drug-likeness (QED) is 0.681. The van der Waals surface area contributed by atoms with Crippen molar-refractivity contribution in [3.8, 4) is 0 Å². The van der Waals surface area contributed by atoms with Gasteiger partial charge >= 0.3 is 0 Å². The van der Waals surface area contributed by atoms with Crippen LogP contribution in [-0.4, -0.2) is 10.9 Å². The molecule has 1 heterocycles. The normalized spacial score (nSPS) is 10.7. The van der Waals surface area contributed by atoms with E-state index in [1.165, 1.54) is 0 Å². The summed E-state index contributed by atoms with van der Waals surface area (Å²) in [4.78, 5) is 15.5. The van der Waals surface area contributed by atoms with Crippen molar-refractivity contribution in [3.05, 3.63) is 65.9 Å². The first kappa shape index (κ1) is 12.4. The molecule has 4 N–H and O–H groups in total.